The van der Waals surface area contributed by atoms with Gasteiger partial charge in [-0.2, -0.15) is 0 Å². The van der Waals surface area contributed by atoms with Gasteiger partial charge in [0.15, 0.2) is 0 Å². The first-order chi connectivity index (χ1) is 16.0. The van der Waals surface area contributed by atoms with Crippen molar-refractivity contribution in [2.45, 2.75) is 6.92 Å². The zero-order valence-corrected chi connectivity index (χ0v) is 17.9. The molecule has 4 heterocycles. The number of ether oxygens (including phenoxy) is 1. The second-order valence-corrected chi connectivity index (χ2v) is 7.34. The Morgan fingerprint density at radius 3 is 2.39 bits per heavy atom. The maximum atomic E-state index is 13.4. The molecule has 0 saturated carbocycles. The molecule has 5 rings (SSSR count). The van der Waals surface area contributed by atoms with Gasteiger partial charge in [0.1, 0.15) is 23.1 Å². The van der Waals surface area contributed by atoms with Gasteiger partial charge in [-0.15, -0.1) is 0 Å². The van der Waals surface area contributed by atoms with Gasteiger partial charge in [-0.3, -0.25) is 14.3 Å². The molecule has 0 saturated heterocycles. The van der Waals surface area contributed by atoms with Gasteiger partial charge in [-0.1, -0.05) is 0 Å². The summed E-state index contributed by atoms with van der Waals surface area (Å²) in [6.07, 6.45) is 6.60. The molecule has 1 N–H and O–H groups in total. The Morgan fingerprint density at radius 2 is 1.67 bits per heavy atom. The molecule has 0 atom stereocenters. The fraction of sp³-hybridized carbons (Fsp3) is 0.0833. The van der Waals surface area contributed by atoms with Gasteiger partial charge < -0.3 is 4.74 Å². The third-order valence-corrected chi connectivity index (χ3v) is 5.30. The summed E-state index contributed by atoms with van der Waals surface area (Å²) in [6, 6.07) is 13.8. The first-order valence-electron chi connectivity index (χ1n) is 10.1. The minimum absolute atomic E-state index is 0.285. The highest BCUT2D eigenvalue weighted by Gasteiger charge is 2.14. The molecule has 0 fully saturated rings. The van der Waals surface area contributed by atoms with Gasteiger partial charge in [-0.25, -0.2) is 24.1 Å². The van der Waals surface area contributed by atoms with Crippen molar-refractivity contribution in [3.8, 4) is 28.2 Å². The van der Waals surface area contributed by atoms with Crippen molar-refractivity contribution in [3.05, 3.63) is 85.0 Å². The zero-order chi connectivity index (χ0) is 22.9. The lowest BCUT2D eigenvalue weighted by Crippen LogP contribution is -2.11. The maximum Gasteiger partial charge on any atom is 0.412 e. The van der Waals surface area contributed by atoms with E-state index < -0.39 is 6.09 Å². The number of hydrogen-bond acceptors (Lipinski definition) is 5. The van der Waals surface area contributed by atoms with Crippen LogP contribution in [-0.4, -0.2) is 37.1 Å². The summed E-state index contributed by atoms with van der Waals surface area (Å²) in [5, 5.41) is 2.53. The number of anilines is 1. The van der Waals surface area contributed by atoms with E-state index in [0.717, 1.165) is 39.7 Å². The number of halogens is 1. The van der Waals surface area contributed by atoms with Gasteiger partial charge in [0, 0.05) is 23.5 Å². The van der Waals surface area contributed by atoms with Crippen LogP contribution in [-0.2, 0) is 4.74 Å². The van der Waals surface area contributed by atoms with Crippen molar-refractivity contribution in [3.63, 3.8) is 0 Å². The van der Waals surface area contributed by atoms with Crippen LogP contribution in [0.1, 0.15) is 5.82 Å². The molecule has 0 unspecified atom stereocenters. The number of amides is 1. The number of carbonyl (C=O) groups excluding carboxylic acids is 1. The molecule has 1 amide bonds. The van der Waals surface area contributed by atoms with Crippen molar-refractivity contribution in [1.82, 2.24) is 23.9 Å². The van der Waals surface area contributed by atoms with Crippen LogP contribution < -0.4 is 5.32 Å². The Balaban J connectivity index is 1.56. The normalized spacial score (nSPS) is 11.0. The standard InChI is InChI=1S/C24H19FN6O2/c1-15-26-13-21(16-3-6-18(25)7-4-16)31(15)19-8-10-23-28-12-20(30(23)14-19)17-5-9-22(27-11-17)29-24(32)33-2/h3-14H,1-2H3,(H,27,29,32). The number of nitrogens with one attached hydrogen (secondary N) is 1. The molecule has 0 spiro atoms. The van der Waals surface area contributed by atoms with Gasteiger partial charge in [0.25, 0.3) is 0 Å². The number of benzene rings is 1. The molecule has 0 aliphatic rings. The minimum atomic E-state index is -0.581. The largest absolute Gasteiger partial charge is 0.453 e. The van der Waals surface area contributed by atoms with Gasteiger partial charge >= 0.3 is 6.09 Å². The summed E-state index contributed by atoms with van der Waals surface area (Å²) >= 11 is 0. The number of pyridine rings is 2. The van der Waals surface area contributed by atoms with E-state index in [-0.39, 0.29) is 5.82 Å². The van der Waals surface area contributed by atoms with Crippen molar-refractivity contribution in [2.24, 2.45) is 0 Å². The molecule has 5 aromatic rings. The number of hydrogen-bond donors (Lipinski definition) is 1. The Kier molecular flexibility index (Phi) is 5.06. The molecule has 33 heavy (non-hydrogen) atoms. The summed E-state index contributed by atoms with van der Waals surface area (Å²) in [7, 11) is 1.29. The Labute approximate surface area is 188 Å². The lowest BCUT2D eigenvalue weighted by Gasteiger charge is -2.12. The number of methoxy groups -OCH3 is 1. The van der Waals surface area contributed by atoms with E-state index in [4.69, 9.17) is 0 Å². The fourth-order valence-corrected chi connectivity index (χ4v) is 3.68. The first kappa shape index (κ1) is 20.4. The van der Waals surface area contributed by atoms with E-state index >= 15 is 0 Å². The highest BCUT2D eigenvalue weighted by atomic mass is 19.1. The summed E-state index contributed by atoms with van der Waals surface area (Å²) in [4.78, 5) is 24.6. The topological polar surface area (TPSA) is 86.3 Å². The minimum Gasteiger partial charge on any atom is -0.453 e. The molecule has 164 valence electrons. The highest BCUT2D eigenvalue weighted by molar-refractivity contribution is 5.83. The summed E-state index contributed by atoms with van der Waals surface area (Å²) < 4.78 is 22.0. The van der Waals surface area contributed by atoms with E-state index in [0.29, 0.717) is 5.82 Å². The SMILES string of the molecule is COC(=O)Nc1ccc(-c2cnc3ccc(-n4c(-c5ccc(F)cc5)cnc4C)cn23)cn1. The number of fused-ring (bicyclic) bond motifs is 1. The van der Waals surface area contributed by atoms with Crippen LogP contribution in [0.15, 0.2) is 73.3 Å². The van der Waals surface area contributed by atoms with Crippen molar-refractivity contribution < 1.29 is 13.9 Å². The monoisotopic (exact) mass is 442 g/mol. The third-order valence-electron chi connectivity index (χ3n) is 5.30. The first-order valence-corrected chi connectivity index (χ1v) is 10.1. The number of nitrogens with zero attached hydrogens (tertiary/aromatic N) is 5. The quantitative estimate of drug-likeness (QED) is 0.429. The number of imidazole rings is 2. The number of aryl methyl sites for hydroxylation is 1. The molecule has 1 aromatic carbocycles. The highest BCUT2D eigenvalue weighted by Crippen LogP contribution is 2.27. The lowest BCUT2D eigenvalue weighted by molar-refractivity contribution is 0.187. The Morgan fingerprint density at radius 1 is 0.909 bits per heavy atom. The number of rotatable bonds is 4. The van der Waals surface area contributed by atoms with Crippen LogP contribution in [0.25, 0.3) is 33.8 Å². The smallest absolute Gasteiger partial charge is 0.412 e. The lowest BCUT2D eigenvalue weighted by atomic mass is 10.1. The Bertz CT molecular complexity index is 1460. The average molecular weight is 442 g/mol. The van der Waals surface area contributed by atoms with Crippen molar-refractivity contribution in [1.29, 1.82) is 0 Å². The second kappa shape index (κ2) is 8.19. The fourth-order valence-electron chi connectivity index (χ4n) is 3.68. The predicted molar refractivity (Wildman–Crippen MR) is 122 cm³/mol. The predicted octanol–water partition coefficient (Wildman–Crippen LogP) is 4.87. The molecule has 0 aliphatic heterocycles. The van der Waals surface area contributed by atoms with Gasteiger partial charge in [0.2, 0.25) is 0 Å². The van der Waals surface area contributed by atoms with Gasteiger partial charge in [0.05, 0.1) is 36.6 Å². The summed E-state index contributed by atoms with van der Waals surface area (Å²) in [5.41, 5.74) is 5.04. The van der Waals surface area contributed by atoms with Crippen molar-refractivity contribution in [2.75, 3.05) is 12.4 Å². The van der Waals surface area contributed by atoms with Crippen molar-refractivity contribution >= 4 is 17.6 Å². The third kappa shape index (κ3) is 3.80. The maximum absolute atomic E-state index is 13.4. The van der Waals surface area contributed by atoms with E-state index in [1.807, 2.05) is 40.3 Å². The average Bonchev–Trinajstić information content (AvgIpc) is 3.43. The summed E-state index contributed by atoms with van der Waals surface area (Å²) in [5.74, 6) is 0.903. The van der Waals surface area contributed by atoms with Crippen LogP contribution in [0.2, 0.25) is 0 Å². The van der Waals surface area contributed by atoms with Gasteiger partial charge in [-0.05, 0) is 55.5 Å². The number of carbonyl (C=O) groups is 1. The molecule has 9 heteroatoms. The molecular formula is C24H19FN6O2. The van der Waals surface area contributed by atoms with E-state index in [9.17, 15) is 9.18 Å². The van der Waals surface area contributed by atoms with E-state index in [1.54, 1.807) is 36.8 Å². The van der Waals surface area contributed by atoms with Crippen LogP contribution in [0.4, 0.5) is 15.0 Å². The molecule has 8 nitrogen and oxygen atoms in total. The molecular weight excluding hydrogens is 423 g/mol. The molecule has 4 aromatic heterocycles. The summed E-state index contributed by atoms with van der Waals surface area (Å²) in [6.45, 7) is 1.92. The molecule has 0 bridgehead atoms. The number of aromatic nitrogens is 5. The zero-order valence-electron chi connectivity index (χ0n) is 17.9. The van der Waals surface area contributed by atoms with E-state index in [1.165, 1.54) is 19.2 Å². The molecule has 0 radical (unpaired) electrons. The van der Waals surface area contributed by atoms with E-state index in [2.05, 4.69) is 25.0 Å². The van der Waals surface area contributed by atoms with Crippen LogP contribution in [0.3, 0.4) is 0 Å². The van der Waals surface area contributed by atoms with Crippen LogP contribution in [0, 0.1) is 12.7 Å². The molecule has 0 aliphatic carbocycles. The Hall–Kier alpha value is -4.53. The second-order valence-electron chi connectivity index (χ2n) is 7.34. The van der Waals surface area contributed by atoms with Crippen LogP contribution >= 0.6 is 0 Å². The van der Waals surface area contributed by atoms with Crippen LogP contribution in [0.5, 0.6) is 0 Å².